The zero-order valence-electron chi connectivity index (χ0n) is 16.6. The predicted molar refractivity (Wildman–Crippen MR) is 106 cm³/mol. The fraction of sp³-hybridized carbons (Fsp3) is 0.714. The lowest BCUT2D eigenvalue weighted by atomic mass is 10.1. The van der Waals surface area contributed by atoms with E-state index in [1.165, 1.54) is 38.5 Å². The fourth-order valence-corrected chi connectivity index (χ4v) is 2.39. The van der Waals surface area contributed by atoms with E-state index in [0.717, 1.165) is 32.1 Å². The van der Waals surface area contributed by atoms with Crippen LogP contribution in [0.1, 0.15) is 90.9 Å². The zero-order valence-corrected chi connectivity index (χ0v) is 16.6. The van der Waals surface area contributed by atoms with Gasteiger partial charge in [-0.2, -0.15) is 0 Å². The van der Waals surface area contributed by atoms with Gasteiger partial charge in [-0.15, -0.1) is 5.48 Å². The molecule has 5 heteroatoms. The number of hydrogen-bond acceptors (Lipinski definition) is 4. The first-order valence-corrected chi connectivity index (χ1v) is 10.1. The Morgan fingerprint density at radius 1 is 0.808 bits per heavy atom. The average molecular weight is 368 g/mol. The fourth-order valence-electron chi connectivity index (χ4n) is 2.39. The van der Waals surface area contributed by atoms with E-state index in [4.69, 9.17) is 0 Å². The molecule has 0 aromatic carbocycles. The zero-order chi connectivity index (χ0) is 19.3. The van der Waals surface area contributed by atoms with Crippen LogP contribution in [-0.2, 0) is 14.4 Å². The number of ether oxygens (including phenoxy) is 1. The Kier molecular flexibility index (Phi) is 18.2. The SMILES string of the molecule is CCCCC/C=C\C/C=C\CCCCCCCC(=O)ONC(=O)OCC. The summed E-state index contributed by atoms with van der Waals surface area (Å²) in [5.41, 5.74) is 1.96. The van der Waals surface area contributed by atoms with Gasteiger partial charge in [0.15, 0.2) is 0 Å². The lowest BCUT2D eigenvalue weighted by molar-refractivity contribution is -0.149. The molecule has 0 saturated heterocycles. The van der Waals surface area contributed by atoms with E-state index in [1.807, 2.05) is 5.48 Å². The van der Waals surface area contributed by atoms with Gasteiger partial charge < -0.3 is 9.57 Å². The normalized spacial score (nSPS) is 11.2. The molecule has 0 spiro atoms. The Bertz CT molecular complexity index is 405. The van der Waals surface area contributed by atoms with Crippen molar-refractivity contribution in [2.24, 2.45) is 0 Å². The number of unbranched alkanes of at least 4 members (excludes halogenated alkanes) is 8. The predicted octanol–water partition coefficient (Wildman–Crippen LogP) is 6.00. The first-order chi connectivity index (χ1) is 12.7. The molecule has 0 aromatic heterocycles. The molecule has 0 radical (unpaired) electrons. The number of allylic oxidation sites excluding steroid dienone is 4. The quantitative estimate of drug-likeness (QED) is 0.219. The molecule has 0 saturated carbocycles. The summed E-state index contributed by atoms with van der Waals surface area (Å²) >= 11 is 0. The highest BCUT2D eigenvalue weighted by Crippen LogP contribution is 2.08. The highest BCUT2D eigenvalue weighted by atomic mass is 16.7. The second-order valence-corrected chi connectivity index (χ2v) is 6.28. The van der Waals surface area contributed by atoms with Gasteiger partial charge in [-0.05, 0) is 45.4 Å². The van der Waals surface area contributed by atoms with Crippen molar-refractivity contribution in [1.82, 2.24) is 5.48 Å². The number of nitrogens with one attached hydrogen (secondary N) is 1. The molecule has 0 unspecified atom stereocenters. The smallest absolute Gasteiger partial charge is 0.440 e. The van der Waals surface area contributed by atoms with Crippen LogP contribution in [-0.4, -0.2) is 18.7 Å². The number of rotatable bonds is 15. The third kappa shape index (κ3) is 18.6. The molecule has 0 aliphatic carbocycles. The van der Waals surface area contributed by atoms with E-state index >= 15 is 0 Å². The average Bonchev–Trinajstić information content (AvgIpc) is 2.63. The Labute approximate surface area is 159 Å². The lowest BCUT2D eigenvalue weighted by Crippen LogP contribution is -2.27. The maximum atomic E-state index is 11.4. The van der Waals surface area contributed by atoms with Gasteiger partial charge in [0.1, 0.15) is 0 Å². The van der Waals surface area contributed by atoms with Gasteiger partial charge in [-0.25, -0.2) is 9.59 Å². The van der Waals surface area contributed by atoms with Crippen LogP contribution >= 0.6 is 0 Å². The summed E-state index contributed by atoms with van der Waals surface area (Å²) in [6, 6.07) is 0. The van der Waals surface area contributed by atoms with Crippen LogP contribution in [0.15, 0.2) is 24.3 Å². The Morgan fingerprint density at radius 3 is 2.08 bits per heavy atom. The molecule has 1 N–H and O–H groups in total. The van der Waals surface area contributed by atoms with Crippen LogP contribution in [0.3, 0.4) is 0 Å². The largest absolute Gasteiger partial charge is 0.448 e. The first-order valence-electron chi connectivity index (χ1n) is 10.1. The van der Waals surface area contributed by atoms with E-state index in [1.54, 1.807) is 6.92 Å². The molecule has 5 nitrogen and oxygen atoms in total. The number of carbonyl (C=O) groups is 2. The molecule has 26 heavy (non-hydrogen) atoms. The number of hydroxylamine groups is 1. The molecule has 0 fully saturated rings. The molecule has 0 bridgehead atoms. The summed E-state index contributed by atoms with van der Waals surface area (Å²) in [6.45, 7) is 4.16. The molecule has 0 aliphatic heterocycles. The summed E-state index contributed by atoms with van der Waals surface area (Å²) in [5.74, 6) is -0.427. The van der Waals surface area contributed by atoms with Gasteiger partial charge in [0.25, 0.3) is 0 Å². The van der Waals surface area contributed by atoms with Crippen LogP contribution in [0.5, 0.6) is 0 Å². The molecule has 1 amide bonds. The highest BCUT2D eigenvalue weighted by Gasteiger charge is 2.06. The second kappa shape index (κ2) is 19.5. The maximum absolute atomic E-state index is 11.4. The molecule has 0 atom stereocenters. The second-order valence-electron chi connectivity index (χ2n) is 6.28. The first kappa shape index (κ1) is 24.2. The molecule has 0 aliphatic rings. The van der Waals surface area contributed by atoms with Gasteiger partial charge >= 0.3 is 12.1 Å². The van der Waals surface area contributed by atoms with Crippen LogP contribution < -0.4 is 5.48 Å². The highest BCUT2D eigenvalue weighted by molar-refractivity contribution is 5.72. The van der Waals surface area contributed by atoms with Crippen LogP contribution in [0.4, 0.5) is 4.79 Å². The standard InChI is InChI=1S/C21H37NO4/c1-3-5-6-7-8-9-10-11-12-13-14-15-16-17-18-19-20(23)26-22-21(24)25-4-2/h8-9,11-12H,3-7,10,13-19H2,1-2H3,(H,22,24)/b9-8-,12-11-. The van der Waals surface area contributed by atoms with Crippen molar-refractivity contribution in [3.63, 3.8) is 0 Å². The summed E-state index contributed by atoms with van der Waals surface area (Å²) in [5, 5.41) is 0. The minimum absolute atomic E-state index is 0.244. The van der Waals surface area contributed by atoms with Crippen LogP contribution in [0, 0.1) is 0 Å². The number of carbonyl (C=O) groups excluding carboxylic acids is 2. The minimum Gasteiger partial charge on any atom is -0.448 e. The van der Waals surface area contributed by atoms with Crippen molar-refractivity contribution < 1.29 is 19.2 Å². The lowest BCUT2D eigenvalue weighted by Gasteiger charge is -2.05. The third-order valence-corrected chi connectivity index (χ3v) is 3.86. The van der Waals surface area contributed by atoms with E-state index in [9.17, 15) is 9.59 Å². The van der Waals surface area contributed by atoms with Crippen molar-refractivity contribution in [3.05, 3.63) is 24.3 Å². The van der Waals surface area contributed by atoms with Gasteiger partial charge in [0, 0.05) is 6.42 Å². The van der Waals surface area contributed by atoms with Crippen molar-refractivity contribution in [2.45, 2.75) is 90.9 Å². The van der Waals surface area contributed by atoms with Crippen LogP contribution in [0.2, 0.25) is 0 Å². The Hall–Kier alpha value is -1.78. The van der Waals surface area contributed by atoms with Crippen molar-refractivity contribution in [1.29, 1.82) is 0 Å². The molecular weight excluding hydrogens is 330 g/mol. The van der Waals surface area contributed by atoms with E-state index in [0.29, 0.717) is 6.42 Å². The van der Waals surface area contributed by atoms with Crippen molar-refractivity contribution in [3.8, 4) is 0 Å². The summed E-state index contributed by atoms with van der Waals surface area (Å²) < 4.78 is 4.59. The molecule has 0 rings (SSSR count). The van der Waals surface area contributed by atoms with E-state index < -0.39 is 12.1 Å². The maximum Gasteiger partial charge on any atom is 0.440 e. The summed E-state index contributed by atoms with van der Waals surface area (Å²) in [7, 11) is 0. The molecular formula is C21H37NO4. The topological polar surface area (TPSA) is 64.6 Å². The monoisotopic (exact) mass is 367 g/mol. The van der Waals surface area contributed by atoms with E-state index in [-0.39, 0.29) is 6.61 Å². The van der Waals surface area contributed by atoms with Gasteiger partial charge in [0.05, 0.1) is 6.61 Å². The molecule has 150 valence electrons. The summed E-state index contributed by atoms with van der Waals surface area (Å²) in [4.78, 5) is 26.9. The third-order valence-electron chi connectivity index (χ3n) is 3.86. The van der Waals surface area contributed by atoms with Gasteiger partial charge in [-0.1, -0.05) is 63.3 Å². The Balaban J connectivity index is 3.34. The number of hydrogen-bond donors (Lipinski definition) is 1. The minimum atomic E-state index is -0.735. The van der Waals surface area contributed by atoms with Gasteiger partial charge in [-0.3, -0.25) is 0 Å². The van der Waals surface area contributed by atoms with Crippen molar-refractivity contribution in [2.75, 3.05) is 6.61 Å². The molecule has 0 heterocycles. The van der Waals surface area contributed by atoms with Crippen molar-refractivity contribution >= 4 is 12.1 Å². The molecule has 0 aromatic rings. The van der Waals surface area contributed by atoms with Gasteiger partial charge in [0.2, 0.25) is 0 Å². The van der Waals surface area contributed by atoms with E-state index in [2.05, 4.69) is 40.8 Å². The summed E-state index contributed by atoms with van der Waals surface area (Å²) in [6.07, 6.45) is 21.1. The van der Waals surface area contributed by atoms with Crippen LogP contribution in [0.25, 0.3) is 0 Å². The Morgan fingerprint density at radius 2 is 1.42 bits per heavy atom. The number of amides is 1.